The SMILES string of the molecule is Cl.NCCCN(CCCc1ccccc1)S(=O)(=O)c1cccc2cnccc12. The van der Waals surface area contributed by atoms with Crippen molar-refractivity contribution in [1.29, 1.82) is 0 Å². The number of sulfonamides is 1. The molecule has 0 aliphatic heterocycles. The summed E-state index contributed by atoms with van der Waals surface area (Å²) in [6.07, 6.45) is 5.56. The fraction of sp³-hybridized carbons (Fsp3) is 0.286. The second kappa shape index (κ2) is 10.5. The van der Waals surface area contributed by atoms with E-state index in [2.05, 4.69) is 17.1 Å². The number of hydrogen-bond donors (Lipinski definition) is 1. The Morgan fingerprint density at radius 1 is 0.929 bits per heavy atom. The van der Waals surface area contributed by atoms with Crippen LogP contribution in [-0.2, 0) is 16.4 Å². The molecule has 1 aromatic heterocycles. The first-order chi connectivity index (χ1) is 13.1. The number of pyridine rings is 1. The van der Waals surface area contributed by atoms with Gasteiger partial charge in [-0.05, 0) is 43.5 Å². The molecule has 3 rings (SSSR count). The number of aromatic nitrogens is 1. The minimum absolute atomic E-state index is 0. The van der Waals surface area contributed by atoms with Crippen molar-refractivity contribution in [2.24, 2.45) is 5.73 Å². The molecule has 0 aliphatic carbocycles. The molecule has 0 radical (unpaired) electrons. The maximum Gasteiger partial charge on any atom is 0.243 e. The second-order valence-corrected chi connectivity index (χ2v) is 8.39. The van der Waals surface area contributed by atoms with Gasteiger partial charge in [0.05, 0.1) is 4.90 Å². The van der Waals surface area contributed by atoms with E-state index in [1.807, 2.05) is 24.3 Å². The van der Waals surface area contributed by atoms with Crippen molar-refractivity contribution in [3.05, 3.63) is 72.6 Å². The van der Waals surface area contributed by atoms with Gasteiger partial charge in [0.15, 0.2) is 0 Å². The largest absolute Gasteiger partial charge is 0.330 e. The lowest BCUT2D eigenvalue weighted by molar-refractivity contribution is 0.401. The molecule has 0 unspecified atom stereocenters. The number of aryl methyl sites for hydroxylation is 1. The van der Waals surface area contributed by atoms with Crippen LogP contribution in [0.3, 0.4) is 0 Å². The molecule has 2 N–H and O–H groups in total. The van der Waals surface area contributed by atoms with Gasteiger partial charge in [0, 0.05) is 36.3 Å². The van der Waals surface area contributed by atoms with E-state index < -0.39 is 10.0 Å². The number of hydrogen-bond acceptors (Lipinski definition) is 4. The lowest BCUT2D eigenvalue weighted by Gasteiger charge is -2.23. The number of halogens is 1. The summed E-state index contributed by atoms with van der Waals surface area (Å²) >= 11 is 0. The fourth-order valence-electron chi connectivity index (χ4n) is 3.18. The number of benzene rings is 2. The van der Waals surface area contributed by atoms with Gasteiger partial charge in [0.2, 0.25) is 10.0 Å². The Morgan fingerprint density at radius 3 is 2.43 bits per heavy atom. The Balaban J connectivity index is 0.00000280. The van der Waals surface area contributed by atoms with Crippen molar-refractivity contribution < 1.29 is 8.42 Å². The van der Waals surface area contributed by atoms with E-state index in [1.54, 1.807) is 34.9 Å². The zero-order valence-electron chi connectivity index (χ0n) is 15.7. The van der Waals surface area contributed by atoms with Crippen LogP contribution in [0.15, 0.2) is 71.9 Å². The smallest absolute Gasteiger partial charge is 0.243 e. The molecular formula is C21H26ClN3O2S. The average molecular weight is 420 g/mol. The Kier molecular flexibility index (Phi) is 8.38. The van der Waals surface area contributed by atoms with Crippen LogP contribution >= 0.6 is 12.4 Å². The van der Waals surface area contributed by atoms with Crippen molar-refractivity contribution in [3.8, 4) is 0 Å². The molecule has 0 bridgehead atoms. The number of rotatable bonds is 9. The minimum atomic E-state index is -3.60. The molecule has 2 aromatic carbocycles. The van der Waals surface area contributed by atoms with E-state index in [4.69, 9.17) is 5.73 Å². The van der Waals surface area contributed by atoms with E-state index in [-0.39, 0.29) is 12.4 Å². The lowest BCUT2D eigenvalue weighted by Crippen LogP contribution is -2.34. The van der Waals surface area contributed by atoms with Gasteiger partial charge in [-0.25, -0.2) is 8.42 Å². The van der Waals surface area contributed by atoms with Gasteiger partial charge in [-0.2, -0.15) is 4.31 Å². The molecule has 0 spiro atoms. The summed E-state index contributed by atoms with van der Waals surface area (Å²) in [6, 6.07) is 17.2. The van der Waals surface area contributed by atoms with Gasteiger partial charge in [-0.1, -0.05) is 42.5 Å². The molecule has 150 valence electrons. The third-order valence-corrected chi connectivity index (χ3v) is 6.54. The topological polar surface area (TPSA) is 76.3 Å². The molecule has 0 amide bonds. The third kappa shape index (κ3) is 5.29. The highest BCUT2D eigenvalue weighted by atomic mass is 35.5. The number of nitrogens with two attached hydrogens (primary N) is 1. The molecule has 0 fully saturated rings. The fourth-order valence-corrected chi connectivity index (χ4v) is 4.91. The molecule has 3 aromatic rings. The van der Waals surface area contributed by atoms with Crippen molar-refractivity contribution in [3.63, 3.8) is 0 Å². The van der Waals surface area contributed by atoms with Gasteiger partial charge in [0.25, 0.3) is 0 Å². The molecule has 28 heavy (non-hydrogen) atoms. The van der Waals surface area contributed by atoms with Crippen molar-refractivity contribution in [1.82, 2.24) is 9.29 Å². The molecule has 1 heterocycles. The molecule has 7 heteroatoms. The Bertz CT molecular complexity index is 976. The normalized spacial score (nSPS) is 11.5. The molecule has 0 atom stereocenters. The van der Waals surface area contributed by atoms with Crippen molar-refractivity contribution >= 4 is 33.2 Å². The maximum atomic E-state index is 13.4. The third-order valence-electron chi connectivity index (χ3n) is 4.59. The monoisotopic (exact) mass is 419 g/mol. The molecule has 0 saturated carbocycles. The van der Waals surface area contributed by atoms with Crippen LogP contribution in [0.1, 0.15) is 18.4 Å². The lowest BCUT2D eigenvalue weighted by atomic mass is 10.1. The highest BCUT2D eigenvalue weighted by Crippen LogP contribution is 2.25. The van der Waals surface area contributed by atoms with E-state index in [9.17, 15) is 8.42 Å². The van der Waals surface area contributed by atoms with Crippen LogP contribution in [0.5, 0.6) is 0 Å². The standard InChI is InChI=1S/C21H25N3O2S.ClH/c22-13-6-16-24(15-5-9-18-7-2-1-3-8-18)27(25,26)21-11-4-10-19-17-23-14-12-20(19)21;/h1-4,7-8,10-12,14,17H,5-6,9,13,15-16,22H2;1H. The van der Waals surface area contributed by atoms with Crippen LogP contribution in [0.25, 0.3) is 10.8 Å². The second-order valence-electron chi connectivity index (χ2n) is 6.49. The Morgan fingerprint density at radius 2 is 1.68 bits per heavy atom. The summed E-state index contributed by atoms with van der Waals surface area (Å²) in [4.78, 5) is 4.42. The Labute approximate surface area is 173 Å². The molecule has 5 nitrogen and oxygen atoms in total. The first kappa shape index (κ1) is 22.3. The van der Waals surface area contributed by atoms with E-state index in [0.717, 1.165) is 18.2 Å². The van der Waals surface area contributed by atoms with Gasteiger partial charge in [-0.3, -0.25) is 4.98 Å². The van der Waals surface area contributed by atoms with Crippen LogP contribution in [0.2, 0.25) is 0 Å². The molecule has 0 aliphatic rings. The molecular weight excluding hydrogens is 394 g/mol. The van der Waals surface area contributed by atoms with E-state index >= 15 is 0 Å². The summed E-state index contributed by atoms with van der Waals surface area (Å²) in [6.45, 7) is 1.36. The first-order valence-corrected chi connectivity index (χ1v) is 10.6. The summed E-state index contributed by atoms with van der Waals surface area (Å²) in [5, 5.41) is 1.52. The zero-order chi connectivity index (χ0) is 19.1. The van der Waals surface area contributed by atoms with Gasteiger partial charge < -0.3 is 5.73 Å². The maximum absolute atomic E-state index is 13.4. The number of fused-ring (bicyclic) bond motifs is 1. The van der Waals surface area contributed by atoms with Gasteiger partial charge in [0.1, 0.15) is 0 Å². The van der Waals surface area contributed by atoms with Crippen LogP contribution < -0.4 is 5.73 Å². The van der Waals surface area contributed by atoms with E-state index in [1.165, 1.54) is 5.56 Å². The zero-order valence-corrected chi connectivity index (χ0v) is 17.3. The molecule has 0 saturated heterocycles. The highest BCUT2D eigenvalue weighted by Gasteiger charge is 2.25. The van der Waals surface area contributed by atoms with Crippen molar-refractivity contribution in [2.75, 3.05) is 19.6 Å². The van der Waals surface area contributed by atoms with Gasteiger partial charge in [-0.15, -0.1) is 12.4 Å². The van der Waals surface area contributed by atoms with E-state index in [0.29, 0.717) is 36.3 Å². The quantitative estimate of drug-likeness (QED) is 0.574. The van der Waals surface area contributed by atoms with Crippen LogP contribution in [-0.4, -0.2) is 37.3 Å². The first-order valence-electron chi connectivity index (χ1n) is 9.20. The van der Waals surface area contributed by atoms with Gasteiger partial charge >= 0.3 is 0 Å². The average Bonchev–Trinajstić information content (AvgIpc) is 2.70. The predicted octanol–water partition coefficient (Wildman–Crippen LogP) is 3.63. The highest BCUT2D eigenvalue weighted by molar-refractivity contribution is 7.89. The van der Waals surface area contributed by atoms with Crippen molar-refractivity contribution in [2.45, 2.75) is 24.2 Å². The Hall–Kier alpha value is -1.99. The number of nitrogens with zero attached hydrogens (tertiary/aromatic N) is 2. The van der Waals surface area contributed by atoms with Crippen LogP contribution in [0.4, 0.5) is 0 Å². The summed E-state index contributed by atoms with van der Waals surface area (Å²) in [7, 11) is -3.60. The summed E-state index contributed by atoms with van der Waals surface area (Å²) in [5.41, 5.74) is 6.85. The predicted molar refractivity (Wildman–Crippen MR) is 116 cm³/mol. The summed E-state index contributed by atoms with van der Waals surface area (Å²) in [5.74, 6) is 0. The van der Waals surface area contributed by atoms with Crippen LogP contribution in [0, 0.1) is 0 Å². The summed E-state index contributed by atoms with van der Waals surface area (Å²) < 4.78 is 28.3. The minimum Gasteiger partial charge on any atom is -0.330 e.